The summed E-state index contributed by atoms with van der Waals surface area (Å²) in [5.74, 6) is 1.53. The van der Waals surface area contributed by atoms with Gasteiger partial charge in [-0.1, -0.05) is 36.8 Å². The molecule has 2 rings (SSSR count). The van der Waals surface area contributed by atoms with Gasteiger partial charge in [-0.05, 0) is 43.8 Å². The number of rotatable bonds is 1. The summed E-state index contributed by atoms with van der Waals surface area (Å²) in [6, 6.07) is 8.97. The maximum Gasteiger partial charge on any atom is -0.00173 e. The molecule has 1 heterocycles. The third kappa shape index (κ3) is 1.98. The van der Waals surface area contributed by atoms with E-state index in [0.29, 0.717) is 0 Å². The number of hydrogen-bond acceptors (Lipinski definition) is 1. The van der Waals surface area contributed by atoms with Crippen LogP contribution in [0, 0.1) is 12.8 Å². The third-order valence-electron chi connectivity index (χ3n) is 3.26. The van der Waals surface area contributed by atoms with Gasteiger partial charge < -0.3 is 5.32 Å². The minimum Gasteiger partial charge on any atom is -0.316 e. The topological polar surface area (TPSA) is 12.0 Å². The van der Waals surface area contributed by atoms with E-state index in [0.717, 1.165) is 11.8 Å². The molecule has 1 heteroatoms. The van der Waals surface area contributed by atoms with Crippen molar-refractivity contribution in [2.24, 2.45) is 5.92 Å². The van der Waals surface area contributed by atoms with Crippen LogP contribution in [-0.4, -0.2) is 13.1 Å². The molecular formula is C13H19N. The fraction of sp³-hybridized carbons (Fsp3) is 0.538. The Morgan fingerprint density at radius 2 is 2.21 bits per heavy atom. The predicted octanol–water partition coefficient (Wildman–Crippen LogP) is 2.71. The highest BCUT2D eigenvalue weighted by molar-refractivity contribution is 5.26. The van der Waals surface area contributed by atoms with Crippen molar-refractivity contribution < 1.29 is 0 Å². The molecular weight excluding hydrogens is 170 g/mol. The van der Waals surface area contributed by atoms with Gasteiger partial charge in [-0.25, -0.2) is 0 Å². The van der Waals surface area contributed by atoms with Crippen molar-refractivity contribution in [2.75, 3.05) is 13.1 Å². The zero-order valence-electron chi connectivity index (χ0n) is 9.09. The van der Waals surface area contributed by atoms with Gasteiger partial charge in [-0.3, -0.25) is 0 Å². The average Bonchev–Trinajstić information content (AvgIpc) is 2.18. The van der Waals surface area contributed by atoms with Crippen LogP contribution in [0.2, 0.25) is 0 Å². The highest BCUT2D eigenvalue weighted by atomic mass is 14.9. The summed E-state index contributed by atoms with van der Waals surface area (Å²) >= 11 is 0. The molecule has 76 valence electrons. The van der Waals surface area contributed by atoms with Gasteiger partial charge in [0.05, 0.1) is 0 Å². The van der Waals surface area contributed by atoms with Crippen LogP contribution in [0.25, 0.3) is 0 Å². The van der Waals surface area contributed by atoms with Gasteiger partial charge in [0, 0.05) is 0 Å². The molecule has 0 spiro atoms. The molecule has 14 heavy (non-hydrogen) atoms. The van der Waals surface area contributed by atoms with Crippen molar-refractivity contribution in [3.05, 3.63) is 35.4 Å². The molecule has 1 aromatic carbocycles. The van der Waals surface area contributed by atoms with Crippen LogP contribution >= 0.6 is 0 Å². The van der Waals surface area contributed by atoms with Crippen LogP contribution < -0.4 is 5.32 Å². The van der Waals surface area contributed by atoms with Crippen LogP contribution in [0.5, 0.6) is 0 Å². The van der Waals surface area contributed by atoms with E-state index in [-0.39, 0.29) is 0 Å². The Morgan fingerprint density at radius 3 is 2.93 bits per heavy atom. The number of piperidine rings is 1. The normalized spacial score (nSPS) is 27.6. The molecule has 1 fully saturated rings. The summed E-state index contributed by atoms with van der Waals surface area (Å²) < 4.78 is 0. The van der Waals surface area contributed by atoms with Crippen molar-refractivity contribution in [2.45, 2.75) is 26.2 Å². The zero-order chi connectivity index (χ0) is 9.97. The summed E-state index contributed by atoms with van der Waals surface area (Å²) in [5.41, 5.74) is 2.91. The first kappa shape index (κ1) is 9.72. The minimum atomic E-state index is 0.760. The molecule has 1 nitrogen and oxygen atoms in total. The molecule has 1 N–H and O–H groups in total. The predicted molar refractivity (Wildman–Crippen MR) is 60.6 cm³/mol. The summed E-state index contributed by atoms with van der Waals surface area (Å²) in [7, 11) is 0. The van der Waals surface area contributed by atoms with Crippen LogP contribution in [-0.2, 0) is 0 Å². The lowest BCUT2D eigenvalue weighted by Crippen LogP contribution is -2.33. The fourth-order valence-electron chi connectivity index (χ4n) is 2.41. The molecule has 0 aromatic heterocycles. The molecule has 0 bridgehead atoms. The second kappa shape index (κ2) is 4.14. The van der Waals surface area contributed by atoms with Crippen molar-refractivity contribution in [1.82, 2.24) is 5.32 Å². The van der Waals surface area contributed by atoms with Gasteiger partial charge in [-0.2, -0.15) is 0 Å². The van der Waals surface area contributed by atoms with E-state index in [1.54, 1.807) is 0 Å². The molecule has 0 saturated carbocycles. The second-order valence-corrected chi connectivity index (χ2v) is 4.49. The smallest absolute Gasteiger partial charge is 0.00173 e. The quantitative estimate of drug-likeness (QED) is 0.716. The van der Waals surface area contributed by atoms with E-state index in [4.69, 9.17) is 0 Å². The maximum absolute atomic E-state index is 3.45. The molecule has 0 amide bonds. The molecule has 0 unspecified atom stereocenters. The number of hydrogen-bond donors (Lipinski definition) is 1. The Bertz CT molecular complexity index is 306. The number of aryl methyl sites for hydroxylation is 1. The highest BCUT2D eigenvalue weighted by Crippen LogP contribution is 2.30. The minimum absolute atomic E-state index is 0.760. The Labute approximate surface area is 86.5 Å². The second-order valence-electron chi connectivity index (χ2n) is 4.49. The van der Waals surface area contributed by atoms with Gasteiger partial charge in [-0.15, -0.1) is 0 Å². The molecule has 2 atom stereocenters. The van der Waals surface area contributed by atoms with Crippen molar-refractivity contribution >= 4 is 0 Å². The van der Waals surface area contributed by atoms with E-state index in [1.165, 1.54) is 30.6 Å². The maximum atomic E-state index is 3.45. The van der Waals surface area contributed by atoms with E-state index in [2.05, 4.69) is 43.4 Å². The van der Waals surface area contributed by atoms with Gasteiger partial charge in [0.2, 0.25) is 0 Å². The monoisotopic (exact) mass is 189 g/mol. The highest BCUT2D eigenvalue weighted by Gasteiger charge is 2.22. The van der Waals surface area contributed by atoms with Crippen LogP contribution in [0.1, 0.15) is 30.4 Å². The van der Waals surface area contributed by atoms with Crippen LogP contribution in [0.4, 0.5) is 0 Å². The summed E-state index contributed by atoms with van der Waals surface area (Å²) in [6.45, 7) is 6.86. The first-order valence-corrected chi connectivity index (χ1v) is 5.54. The number of benzene rings is 1. The number of nitrogens with one attached hydrogen (secondary N) is 1. The first-order valence-electron chi connectivity index (χ1n) is 5.54. The first-order chi connectivity index (χ1) is 6.77. The van der Waals surface area contributed by atoms with Gasteiger partial charge in [0.1, 0.15) is 0 Å². The lowest BCUT2D eigenvalue weighted by Gasteiger charge is -2.30. The SMILES string of the molecule is Cc1cccc([C@@H]2CCNC[C@@H]2C)c1. The van der Waals surface area contributed by atoms with Crippen molar-refractivity contribution in [3.8, 4) is 0 Å². The van der Waals surface area contributed by atoms with Crippen molar-refractivity contribution in [1.29, 1.82) is 0 Å². The summed E-state index contributed by atoms with van der Waals surface area (Å²) in [6.07, 6.45) is 1.28. The molecule has 1 aliphatic heterocycles. The van der Waals surface area contributed by atoms with Gasteiger partial charge >= 0.3 is 0 Å². The summed E-state index contributed by atoms with van der Waals surface area (Å²) in [4.78, 5) is 0. The Balaban J connectivity index is 2.20. The molecule has 0 aliphatic carbocycles. The Hall–Kier alpha value is -0.820. The molecule has 1 aromatic rings. The van der Waals surface area contributed by atoms with Crippen LogP contribution in [0.3, 0.4) is 0 Å². The van der Waals surface area contributed by atoms with Crippen molar-refractivity contribution in [3.63, 3.8) is 0 Å². The standard InChI is InChI=1S/C13H19N/c1-10-4-3-5-12(8-10)13-6-7-14-9-11(13)2/h3-5,8,11,13-14H,6-7,9H2,1-2H3/t11-,13+/m0/s1. The average molecular weight is 189 g/mol. The largest absolute Gasteiger partial charge is 0.316 e. The molecule has 1 aliphatic rings. The van der Waals surface area contributed by atoms with E-state index in [1.807, 2.05) is 0 Å². The lowest BCUT2D eigenvalue weighted by molar-refractivity contribution is 0.349. The summed E-state index contributed by atoms with van der Waals surface area (Å²) in [5, 5.41) is 3.45. The van der Waals surface area contributed by atoms with E-state index >= 15 is 0 Å². The van der Waals surface area contributed by atoms with E-state index in [9.17, 15) is 0 Å². The lowest BCUT2D eigenvalue weighted by atomic mass is 9.82. The molecule has 1 saturated heterocycles. The van der Waals surface area contributed by atoms with E-state index < -0.39 is 0 Å². The van der Waals surface area contributed by atoms with Gasteiger partial charge in [0.15, 0.2) is 0 Å². The van der Waals surface area contributed by atoms with Gasteiger partial charge in [0.25, 0.3) is 0 Å². The Morgan fingerprint density at radius 1 is 1.36 bits per heavy atom. The zero-order valence-corrected chi connectivity index (χ0v) is 9.09. The van der Waals surface area contributed by atoms with Crippen LogP contribution in [0.15, 0.2) is 24.3 Å². The fourth-order valence-corrected chi connectivity index (χ4v) is 2.41. The Kier molecular flexibility index (Phi) is 2.87. The molecule has 0 radical (unpaired) electrons. The third-order valence-corrected chi connectivity index (χ3v) is 3.26.